The van der Waals surface area contributed by atoms with Gasteiger partial charge in [-0.1, -0.05) is 19.9 Å². The second kappa shape index (κ2) is 5.62. The van der Waals surface area contributed by atoms with Crippen LogP contribution in [0.15, 0.2) is 23.1 Å². The average molecular weight is 293 g/mol. The van der Waals surface area contributed by atoms with Gasteiger partial charge in [0.15, 0.2) is 4.90 Å². The molecule has 2 N–H and O–H groups in total. The van der Waals surface area contributed by atoms with Gasteiger partial charge in [-0.05, 0) is 18.1 Å². The van der Waals surface area contributed by atoms with Crippen molar-refractivity contribution in [3.63, 3.8) is 0 Å². The monoisotopic (exact) mass is 293 g/mol. The first kappa shape index (κ1) is 15.5. The molecule has 0 aliphatic heterocycles. The fourth-order valence-electron chi connectivity index (χ4n) is 1.44. The van der Waals surface area contributed by atoms with E-state index in [0.29, 0.717) is 0 Å². The van der Waals surface area contributed by atoms with E-state index < -0.39 is 44.5 Å². The molecule has 8 heteroatoms. The van der Waals surface area contributed by atoms with E-state index in [9.17, 15) is 22.0 Å². The van der Waals surface area contributed by atoms with E-state index in [1.807, 2.05) is 0 Å². The molecule has 0 radical (unpaired) electrons. The van der Waals surface area contributed by atoms with Crippen LogP contribution in [-0.4, -0.2) is 25.5 Å². The number of carbonyl (C=O) groups is 1. The van der Waals surface area contributed by atoms with Crippen LogP contribution in [0.3, 0.4) is 0 Å². The highest BCUT2D eigenvalue weighted by Crippen LogP contribution is 2.19. The summed E-state index contributed by atoms with van der Waals surface area (Å²) in [4.78, 5) is 9.73. The van der Waals surface area contributed by atoms with Crippen molar-refractivity contribution in [1.82, 2.24) is 4.72 Å². The number of benzene rings is 1. The molecule has 0 aromatic heterocycles. The molecule has 0 saturated heterocycles. The van der Waals surface area contributed by atoms with Crippen LogP contribution in [0.5, 0.6) is 0 Å². The Morgan fingerprint density at radius 3 is 2.11 bits per heavy atom. The van der Waals surface area contributed by atoms with Gasteiger partial charge in [-0.2, -0.15) is 4.72 Å². The van der Waals surface area contributed by atoms with Crippen molar-refractivity contribution in [3.05, 3.63) is 29.8 Å². The van der Waals surface area contributed by atoms with Gasteiger partial charge in [-0.3, -0.25) is 4.79 Å². The number of nitrogens with one attached hydrogen (secondary N) is 1. The summed E-state index contributed by atoms with van der Waals surface area (Å²) in [6, 6.07) is 1.11. The van der Waals surface area contributed by atoms with Crippen molar-refractivity contribution in [2.24, 2.45) is 5.92 Å². The van der Waals surface area contributed by atoms with Gasteiger partial charge in [-0.15, -0.1) is 0 Å². The number of carboxylic acids is 1. The topological polar surface area (TPSA) is 83.5 Å². The predicted molar refractivity (Wildman–Crippen MR) is 62.9 cm³/mol. The lowest BCUT2D eigenvalue weighted by atomic mass is 10.1. The Bertz CT molecular complexity index is 566. The van der Waals surface area contributed by atoms with Gasteiger partial charge >= 0.3 is 5.97 Å². The predicted octanol–water partition coefficient (Wildman–Crippen LogP) is 1.35. The van der Waals surface area contributed by atoms with Crippen LogP contribution >= 0.6 is 0 Å². The number of sulfonamides is 1. The summed E-state index contributed by atoms with van der Waals surface area (Å²) in [7, 11) is -4.59. The van der Waals surface area contributed by atoms with Crippen LogP contribution < -0.4 is 4.72 Å². The lowest BCUT2D eigenvalue weighted by molar-refractivity contribution is -0.140. The minimum atomic E-state index is -4.59. The summed E-state index contributed by atoms with van der Waals surface area (Å²) >= 11 is 0. The molecular weight excluding hydrogens is 280 g/mol. The normalized spacial score (nSPS) is 13.5. The molecular formula is C11H13F2NO4S. The Morgan fingerprint density at radius 2 is 1.74 bits per heavy atom. The number of aliphatic carboxylic acids is 1. The highest BCUT2D eigenvalue weighted by atomic mass is 32.2. The maximum atomic E-state index is 13.4. The largest absolute Gasteiger partial charge is 0.480 e. The van der Waals surface area contributed by atoms with E-state index in [0.717, 1.165) is 18.2 Å². The van der Waals surface area contributed by atoms with Crippen LogP contribution in [0.1, 0.15) is 13.8 Å². The van der Waals surface area contributed by atoms with Crippen molar-refractivity contribution in [2.45, 2.75) is 24.8 Å². The smallest absolute Gasteiger partial charge is 0.322 e. The first-order valence-corrected chi connectivity index (χ1v) is 6.84. The summed E-state index contributed by atoms with van der Waals surface area (Å²) in [5.41, 5.74) is 0. The third-order valence-electron chi connectivity index (χ3n) is 2.40. The number of carboxylic acid groups (broad SMARTS) is 1. The number of halogens is 2. The van der Waals surface area contributed by atoms with Gasteiger partial charge in [0.25, 0.3) is 0 Å². The Morgan fingerprint density at radius 1 is 1.26 bits per heavy atom. The summed E-state index contributed by atoms with van der Waals surface area (Å²) < 4.78 is 52.2. The zero-order valence-corrected chi connectivity index (χ0v) is 11.0. The second-order valence-corrected chi connectivity index (χ2v) is 5.88. The van der Waals surface area contributed by atoms with E-state index in [4.69, 9.17) is 5.11 Å². The summed E-state index contributed by atoms with van der Waals surface area (Å²) in [6.45, 7) is 2.94. The number of hydrogen-bond acceptors (Lipinski definition) is 3. The van der Waals surface area contributed by atoms with Crippen molar-refractivity contribution in [2.75, 3.05) is 0 Å². The Hall–Kier alpha value is -1.54. The maximum Gasteiger partial charge on any atom is 0.322 e. The second-order valence-electron chi connectivity index (χ2n) is 4.23. The van der Waals surface area contributed by atoms with Crippen LogP contribution in [0.4, 0.5) is 8.78 Å². The highest BCUT2D eigenvalue weighted by Gasteiger charge is 2.31. The fraction of sp³-hybridized carbons (Fsp3) is 0.364. The Kier molecular flexibility index (Phi) is 4.59. The molecule has 0 saturated carbocycles. The quantitative estimate of drug-likeness (QED) is 0.858. The van der Waals surface area contributed by atoms with E-state index in [2.05, 4.69) is 0 Å². The molecule has 0 aliphatic rings. The fourth-order valence-corrected chi connectivity index (χ4v) is 2.91. The van der Waals surface area contributed by atoms with E-state index in [1.54, 1.807) is 4.72 Å². The summed E-state index contributed by atoms with van der Waals surface area (Å²) in [6.07, 6.45) is 0. The lowest BCUT2D eigenvalue weighted by Crippen LogP contribution is -2.44. The molecule has 0 amide bonds. The summed E-state index contributed by atoms with van der Waals surface area (Å²) in [5, 5.41) is 8.88. The van der Waals surface area contributed by atoms with E-state index in [1.165, 1.54) is 13.8 Å². The molecule has 106 valence electrons. The minimum Gasteiger partial charge on any atom is -0.480 e. The van der Waals surface area contributed by atoms with Gasteiger partial charge in [-0.25, -0.2) is 17.2 Å². The lowest BCUT2D eigenvalue weighted by Gasteiger charge is -2.18. The van der Waals surface area contributed by atoms with Crippen molar-refractivity contribution in [1.29, 1.82) is 0 Å². The summed E-state index contributed by atoms with van der Waals surface area (Å²) in [5.74, 6) is -4.56. The van der Waals surface area contributed by atoms with E-state index in [-0.39, 0.29) is 0 Å². The van der Waals surface area contributed by atoms with Crippen LogP contribution in [0, 0.1) is 17.6 Å². The molecule has 1 aromatic rings. The zero-order valence-electron chi connectivity index (χ0n) is 10.2. The SMILES string of the molecule is CC(C)C(NS(=O)(=O)c1c(F)cccc1F)C(=O)O. The van der Waals surface area contributed by atoms with Gasteiger partial charge in [0.1, 0.15) is 17.7 Å². The van der Waals surface area contributed by atoms with Gasteiger partial charge in [0.2, 0.25) is 10.0 Å². The third-order valence-corrected chi connectivity index (χ3v) is 3.89. The van der Waals surface area contributed by atoms with Crippen molar-refractivity contribution >= 4 is 16.0 Å². The molecule has 0 spiro atoms. The number of hydrogen-bond donors (Lipinski definition) is 2. The van der Waals surface area contributed by atoms with Gasteiger partial charge in [0, 0.05) is 0 Å². The molecule has 0 fully saturated rings. The minimum absolute atomic E-state index is 0.581. The van der Waals surface area contributed by atoms with E-state index >= 15 is 0 Å². The molecule has 0 heterocycles. The van der Waals surface area contributed by atoms with Crippen molar-refractivity contribution < 1.29 is 27.1 Å². The molecule has 19 heavy (non-hydrogen) atoms. The molecule has 1 aromatic carbocycles. The zero-order chi connectivity index (χ0) is 14.8. The van der Waals surface area contributed by atoms with Crippen molar-refractivity contribution in [3.8, 4) is 0 Å². The molecule has 0 aliphatic carbocycles. The molecule has 0 bridgehead atoms. The molecule has 1 atom stereocenters. The molecule has 5 nitrogen and oxygen atoms in total. The van der Waals surface area contributed by atoms with Crippen LogP contribution in [0.2, 0.25) is 0 Å². The highest BCUT2D eigenvalue weighted by molar-refractivity contribution is 7.89. The Balaban J connectivity index is 3.22. The standard InChI is InChI=1S/C11H13F2NO4S/c1-6(2)9(11(15)16)14-19(17,18)10-7(12)4-3-5-8(10)13/h3-6,9,14H,1-2H3,(H,15,16). The number of rotatable bonds is 5. The van der Waals surface area contributed by atoms with Crippen LogP contribution in [0.25, 0.3) is 0 Å². The first-order valence-electron chi connectivity index (χ1n) is 5.36. The Labute approximate surface area is 109 Å². The first-order chi connectivity index (χ1) is 8.66. The molecule has 1 unspecified atom stereocenters. The average Bonchev–Trinajstić information content (AvgIpc) is 2.24. The van der Waals surface area contributed by atoms with Gasteiger partial charge < -0.3 is 5.11 Å². The van der Waals surface area contributed by atoms with Crippen LogP contribution in [-0.2, 0) is 14.8 Å². The third kappa shape index (κ3) is 3.48. The van der Waals surface area contributed by atoms with Gasteiger partial charge in [0.05, 0.1) is 0 Å². The molecule has 1 rings (SSSR count). The maximum absolute atomic E-state index is 13.4.